The molecule has 1 amide bonds. The summed E-state index contributed by atoms with van der Waals surface area (Å²) in [4.78, 5) is 12.5. The van der Waals surface area contributed by atoms with E-state index in [1.807, 2.05) is 43.3 Å². The zero-order valence-corrected chi connectivity index (χ0v) is 16.1. The summed E-state index contributed by atoms with van der Waals surface area (Å²) in [5.41, 5.74) is 1.47. The number of phenols is 1. The van der Waals surface area contributed by atoms with Gasteiger partial charge in [-0.15, -0.1) is 0 Å². The minimum atomic E-state index is -0.471. The highest BCUT2D eigenvalue weighted by molar-refractivity contribution is 9.10. The number of amides is 1. The monoisotopic (exact) mass is 414 g/mol. The summed E-state index contributed by atoms with van der Waals surface area (Å²) in [5, 5.41) is 22.1. The molecule has 0 aromatic heterocycles. The molecule has 0 fully saturated rings. The number of carbonyl (C=O) groups is 1. The van der Waals surface area contributed by atoms with Gasteiger partial charge in [-0.25, -0.2) is 0 Å². The first-order valence-corrected chi connectivity index (χ1v) is 8.88. The van der Waals surface area contributed by atoms with Gasteiger partial charge in [0.1, 0.15) is 11.6 Å². The lowest BCUT2D eigenvalue weighted by atomic mass is 10.1. The Kier molecular flexibility index (Phi) is 6.81. The van der Waals surface area contributed by atoms with Gasteiger partial charge in [0.2, 0.25) is 0 Å². The Bertz CT molecular complexity index is 857. The number of carbonyl (C=O) groups excluding carboxylic acids is 1. The number of nitrogens with zero attached hydrogens (tertiary/aromatic N) is 1. The molecule has 5 nitrogen and oxygen atoms in total. The van der Waals surface area contributed by atoms with Crippen LogP contribution in [0.3, 0.4) is 0 Å². The summed E-state index contributed by atoms with van der Waals surface area (Å²) in [5.74, 6) is -0.198. The van der Waals surface area contributed by atoms with Gasteiger partial charge >= 0.3 is 0 Å². The summed E-state index contributed by atoms with van der Waals surface area (Å²) in [6, 6.07) is 14.2. The van der Waals surface area contributed by atoms with Gasteiger partial charge < -0.3 is 15.2 Å². The number of hydrogen-bond donors (Lipinski definition) is 2. The lowest BCUT2D eigenvalue weighted by Crippen LogP contribution is -2.27. The Morgan fingerprint density at radius 3 is 2.69 bits per heavy atom. The lowest BCUT2D eigenvalue weighted by molar-refractivity contribution is -0.117. The Labute approximate surface area is 161 Å². The van der Waals surface area contributed by atoms with E-state index in [2.05, 4.69) is 21.2 Å². The Morgan fingerprint density at radius 1 is 1.38 bits per heavy atom. The zero-order chi connectivity index (χ0) is 19.1. The van der Waals surface area contributed by atoms with Crippen molar-refractivity contribution in [1.29, 1.82) is 5.26 Å². The average molecular weight is 415 g/mol. The third-order valence-corrected chi connectivity index (χ3v) is 4.38. The Balaban J connectivity index is 2.26. The minimum absolute atomic E-state index is 0.0171. The molecular weight excluding hydrogens is 396 g/mol. The van der Waals surface area contributed by atoms with Crippen molar-refractivity contribution < 1.29 is 14.6 Å². The molecule has 0 aliphatic heterocycles. The maximum absolute atomic E-state index is 12.5. The molecule has 1 atom stereocenters. The first-order chi connectivity index (χ1) is 12.5. The number of phenolic OH excluding ortho intramolecular Hbond substituents is 1. The van der Waals surface area contributed by atoms with E-state index in [1.54, 1.807) is 13.0 Å². The molecular formula is C20H19BrN2O3. The van der Waals surface area contributed by atoms with Crippen molar-refractivity contribution >= 4 is 27.9 Å². The Morgan fingerprint density at radius 2 is 2.08 bits per heavy atom. The van der Waals surface area contributed by atoms with E-state index >= 15 is 0 Å². The van der Waals surface area contributed by atoms with E-state index in [1.165, 1.54) is 12.1 Å². The third kappa shape index (κ3) is 4.87. The number of hydrogen-bond acceptors (Lipinski definition) is 4. The van der Waals surface area contributed by atoms with Crippen molar-refractivity contribution in [3.8, 4) is 17.6 Å². The molecule has 134 valence electrons. The second-order valence-electron chi connectivity index (χ2n) is 5.55. The minimum Gasteiger partial charge on any atom is -0.504 e. The molecule has 0 aliphatic rings. The van der Waals surface area contributed by atoms with Crippen molar-refractivity contribution in [3.63, 3.8) is 0 Å². The van der Waals surface area contributed by atoms with Gasteiger partial charge in [0.25, 0.3) is 5.91 Å². The van der Waals surface area contributed by atoms with E-state index in [0.29, 0.717) is 16.6 Å². The van der Waals surface area contributed by atoms with E-state index in [0.717, 1.165) is 5.56 Å². The zero-order valence-electron chi connectivity index (χ0n) is 14.5. The third-order valence-electron chi connectivity index (χ3n) is 3.69. The van der Waals surface area contributed by atoms with Gasteiger partial charge in [0, 0.05) is 4.47 Å². The highest BCUT2D eigenvalue weighted by Gasteiger charge is 2.15. The van der Waals surface area contributed by atoms with Gasteiger partial charge in [-0.2, -0.15) is 5.26 Å². The number of nitriles is 1. The fraction of sp³-hybridized carbons (Fsp3) is 0.200. The van der Waals surface area contributed by atoms with Crippen LogP contribution >= 0.6 is 15.9 Å². The first kappa shape index (κ1) is 19.5. The molecule has 2 aromatic rings. The van der Waals surface area contributed by atoms with Crippen molar-refractivity contribution in [2.45, 2.75) is 19.9 Å². The van der Waals surface area contributed by atoms with Crippen LogP contribution < -0.4 is 10.1 Å². The van der Waals surface area contributed by atoms with Gasteiger partial charge in [-0.3, -0.25) is 4.79 Å². The second kappa shape index (κ2) is 9.07. The molecule has 6 heteroatoms. The number of rotatable bonds is 6. The highest BCUT2D eigenvalue weighted by atomic mass is 79.9. The molecule has 0 radical (unpaired) electrons. The van der Waals surface area contributed by atoms with Gasteiger partial charge in [0.15, 0.2) is 11.5 Å². The van der Waals surface area contributed by atoms with Crippen molar-refractivity contribution in [2.75, 3.05) is 6.61 Å². The van der Waals surface area contributed by atoms with E-state index in [9.17, 15) is 15.2 Å². The average Bonchev–Trinajstić information content (AvgIpc) is 2.63. The molecule has 2 rings (SSSR count). The number of benzene rings is 2. The first-order valence-electron chi connectivity index (χ1n) is 8.09. The van der Waals surface area contributed by atoms with Crippen LogP contribution in [0.2, 0.25) is 0 Å². The van der Waals surface area contributed by atoms with E-state index in [4.69, 9.17) is 4.74 Å². The molecule has 0 aliphatic carbocycles. The molecule has 0 heterocycles. The van der Waals surface area contributed by atoms with Gasteiger partial charge in [-0.1, -0.05) is 46.3 Å². The molecule has 26 heavy (non-hydrogen) atoms. The molecule has 0 saturated heterocycles. The van der Waals surface area contributed by atoms with Crippen LogP contribution in [0, 0.1) is 11.3 Å². The molecule has 2 aromatic carbocycles. The SMILES string of the molecule is CCOc1cc(/C=C(/C#N)C(=O)N[C@@H](C)c2ccccc2)c(Br)cc1O. The highest BCUT2D eigenvalue weighted by Crippen LogP contribution is 2.33. The maximum atomic E-state index is 12.5. The van der Waals surface area contributed by atoms with Crippen LogP contribution in [-0.2, 0) is 4.79 Å². The molecule has 0 bridgehead atoms. The largest absolute Gasteiger partial charge is 0.504 e. The summed E-state index contributed by atoms with van der Waals surface area (Å²) in [7, 11) is 0. The number of ether oxygens (including phenoxy) is 1. The standard InChI is InChI=1S/C20H19BrN2O3/c1-3-26-19-10-15(17(21)11-18(19)24)9-16(12-22)20(25)23-13(2)14-7-5-4-6-8-14/h4-11,13,24H,3H2,1-2H3,(H,23,25)/b16-9-/t13-/m0/s1. The van der Waals surface area contributed by atoms with Crippen LogP contribution in [0.25, 0.3) is 6.08 Å². The molecule has 0 spiro atoms. The predicted molar refractivity (Wildman–Crippen MR) is 104 cm³/mol. The van der Waals surface area contributed by atoms with E-state index in [-0.39, 0.29) is 23.1 Å². The fourth-order valence-electron chi connectivity index (χ4n) is 2.34. The topological polar surface area (TPSA) is 82.3 Å². The quantitative estimate of drug-likeness (QED) is 0.543. The maximum Gasteiger partial charge on any atom is 0.262 e. The van der Waals surface area contributed by atoms with Crippen LogP contribution in [0.4, 0.5) is 0 Å². The smallest absolute Gasteiger partial charge is 0.262 e. The summed E-state index contributed by atoms with van der Waals surface area (Å²) in [6.45, 7) is 4.04. The Hall–Kier alpha value is -2.78. The van der Waals surface area contributed by atoms with Crippen molar-refractivity contribution in [3.05, 3.63) is 63.6 Å². The van der Waals surface area contributed by atoms with Crippen molar-refractivity contribution in [1.82, 2.24) is 5.32 Å². The lowest BCUT2D eigenvalue weighted by Gasteiger charge is -2.14. The summed E-state index contributed by atoms with van der Waals surface area (Å²) < 4.78 is 5.90. The molecule has 0 saturated carbocycles. The van der Waals surface area contributed by atoms with Crippen LogP contribution in [0.1, 0.15) is 31.0 Å². The summed E-state index contributed by atoms with van der Waals surface area (Å²) >= 11 is 3.33. The number of nitrogens with one attached hydrogen (secondary N) is 1. The summed E-state index contributed by atoms with van der Waals surface area (Å²) in [6.07, 6.45) is 1.46. The normalized spacial score (nSPS) is 12.2. The van der Waals surface area contributed by atoms with Gasteiger partial charge in [-0.05, 0) is 43.2 Å². The van der Waals surface area contributed by atoms with Crippen LogP contribution in [-0.4, -0.2) is 17.6 Å². The van der Waals surface area contributed by atoms with Gasteiger partial charge in [0.05, 0.1) is 12.6 Å². The van der Waals surface area contributed by atoms with Crippen molar-refractivity contribution in [2.24, 2.45) is 0 Å². The molecule has 2 N–H and O–H groups in total. The number of halogens is 1. The van der Waals surface area contributed by atoms with E-state index < -0.39 is 5.91 Å². The van der Waals surface area contributed by atoms with Crippen LogP contribution in [0.5, 0.6) is 11.5 Å². The number of aromatic hydroxyl groups is 1. The fourth-order valence-corrected chi connectivity index (χ4v) is 2.79. The molecule has 0 unspecified atom stereocenters. The second-order valence-corrected chi connectivity index (χ2v) is 6.40. The van der Waals surface area contributed by atoms with Crippen LogP contribution in [0.15, 0.2) is 52.5 Å². The predicted octanol–water partition coefficient (Wildman–Crippen LogP) is 4.34.